The van der Waals surface area contributed by atoms with Gasteiger partial charge in [0, 0.05) is 11.3 Å². The highest BCUT2D eigenvalue weighted by molar-refractivity contribution is 8.00. The summed E-state index contributed by atoms with van der Waals surface area (Å²) < 4.78 is 0.401. The van der Waals surface area contributed by atoms with Crippen molar-refractivity contribution in [3.63, 3.8) is 0 Å². The minimum absolute atomic E-state index is 0.401. The molecule has 0 rings (SSSR count). The Kier molecular flexibility index (Phi) is 8.62. The van der Waals surface area contributed by atoms with Crippen molar-refractivity contribution < 1.29 is 0 Å². The Morgan fingerprint density at radius 1 is 1.06 bits per heavy atom. The van der Waals surface area contributed by atoms with Gasteiger partial charge in [-0.3, -0.25) is 0 Å². The Labute approximate surface area is 120 Å². The predicted molar refractivity (Wildman–Crippen MR) is 87.6 cm³/mol. The van der Waals surface area contributed by atoms with Crippen molar-refractivity contribution in [3.05, 3.63) is 0 Å². The van der Waals surface area contributed by atoms with Crippen LogP contribution < -0.4 is 5.32 Å². The third-order valence-corrected chi connectivity index (χ3v) is 4.99. The lowest BCUT2D eigenvalue weighted by atomic mass is 9.79. The average Bonchev–Trinajstić information content (AvgIpc) is 2.25. The molecule has 1 N–H and O–H groups in total. The van der Waals surface area contributed by atoms with E-state index in [1.54, 1.807) is 0 Å². The summed E-state index contributed by atoms with van der Waals surface area (Å²) >= 11 is 2.10. The lowest BCUT2D eigenvalue weighted by molar-refractivity contribution is 0.237. The zero-order valence-electron chi connectivity index (χ0n) is 13.7. The van der Waals surface area contributed by atoms with Crippen LogP contribution in [0, 0.1) is 11.3 Å². The number of hydrogen-bond donors (Lipinski definition) is 1. The van der Waals surface area contributed by atoms with E-state index in [0.29, 0.717) is 10.2 Å². The van der Waals surface area contributed by atoms with Gasteiger partial charge in [-0.25, -0.2) is 0 Å². The Morgan fingerprint density at radius 3 is 2.00 bits per heavy atom. The molecular weight excluding hydrogens is 238 g/mol. The van der Waals surface area contributed by atoms with Gasteiger partial charge in [-0.1, -0.05) is 48.5 Å². The first kappa shape index (κ1) is 18.3. The molecule has 0 heterocycles. The van der Waals surface area contributed by atoms with Gasteiger partial charge >= 0.3 is 0 Å². The first-order valence-electron chi connectivity index (χ1n) is 7.59. The number of thioether (sulfide) groups is 1. The van der Waals surface area contributed by atoms with E-state index in [2.05, 4.69) is 65.5 Å². The molecule has 0 amide bonds. The molecule has 18 heavy (non-hydrogen) atoms. The van der Waals surface area contributed by atoms with Crippen LogP contribution in [-0.2, 0) is 0 Å². The van der Waals surface area contributed by atoms with Gasteiger partial charge in [0.1, 0.15) is 0 Å². The summed E-state index contributed by atoms with van der Waals surface area (Å²) in [6.45, 7) is 18.5. The second kappa shape index (κ2) is 8.47. The maximum atomic E-state index is 3.67. The second-order valence-corrected chi connectivity index (χ2v) is 8.86. The van der Waals surface area contributed by atoms with E-state index in [-0.39, 0.29) is 0 Å². The first-order chi connectivity index (χ1) is 8.24. The van der Waals surface area contributed by atoms with Crippen LogP contribution in [0.5, 0.6) is 0 Å². The first-order valence-corrected chi connectivity index (χ1v) is 8.58. The molecule has 0 bridgehead atoms. The zero-order chi connectivity index (χ0) is 14.2. The van der Waals surface area contributed by atoms with Crippen LogP contribution in [0.4, 0.5) is 0 Å². The number of rotatable bonds is 9. The highest BCUT2D eigenvalue weighted by Crippen LogP contribution is 2.34. The SMILES string of the molecule is CCC(CC)(CCSC(C)(C)C)CNCC(C)C. The summed E-state index contributed by atoms with van der Waals surface area (Å²) in [6, 6.07) is 0. The molecule has 0 saturated carbocycles. The normalized spacial score (nSPS) is 13.3. The molecule has 0 saturated heterocycles. The van der Waals surface area contributed by atoms with Gasteiger partial charge in [-0.2, -0.15) is 11.8 Å². The molecule has 0 aliphatic carbocycles. The Balaban J connectivity index is 4.16. The lowest BCUT2D eigenvalue weighted by Crippen LogP contribution is -2.36. The van der Waals surface area contributed by atoms with Crippen molar-refractivity contribution in [1.82, 2.24) is 5.32 Å². The van der Waals surface area contributed by atoms with Crippen LogP contribution in [-0.4, -0.2) is 23.6 Å². The van der Waals surface area contributed by atoms with Crippen molar-refractivity contribution in [2.24, 2.45) is 11.3 Å². The molecule has 1 nitrogen and oxygen atoms in total. The minimum Gasteiger partial charge on any atom is -0.316 e. The van der Waals surface area contributed by atoms with Gasteiger partial charge in [0.15, 0.2) is 0 Å². The summed E-state index contributed by atoms with van der Waals surface area (Å²) in [5, 5.41) is 3.67. The molecule has 0 radical (unpaired) electrons. The molecule has 0 aromatic carbocycles. The minimum atomic E-state index is 0.401. The van der Waals surface area contributed by atoms with E-state index in [1.807, 2.05) is 0 Å². The summed E-state index contributed by atoms with van der Waals surface area (Å²) in [6.07, 6.45) is 3.92. The molecule has 0 atom stereocenters. The largest absolute Gasteiger partial charge is 0.316 e. The molecule has 0 aliphatic rings. The van der Waals surface area contributed by atoms with Crippen molar-refractivity contribution in [3.8, 4) is 0 Å². The average molecular weight is 274 g/mol. The van der Waals surface area contributed by atoms with Gasteiger partial charge in [-0.05, 0) is 42.9 Å². The summed E-state index contributed by atoms with van der Waals surface area (Å²) in [4.78, 5) is 0. The van der Waals surface area contributed by atoms with Crippen LogP contribution in [0.15, 0.2) is 0 Å². The van der Waals surface area contributed by atoms with Crippen LogP contribution in [0.2, 0.25) is 0 Å². The molecule has 0 spiro atoms. The molecule has 0 unspecified atom stereocenters. The van der Waals surface area contributed by atoms with Gasteiger partial charge in [-0.15, -0.1) is 0 Å². The Bertz CT molecular complexity index is 202. The second-order valence-electron chi connectivity index (χ2n) is 6.94. The molecule has 0 fully saturated rings. The molecule has 110 valence electrons. The maximum Gasteiger partial charge on any atom is 0.00750 e. The monoisotopic (exact) mass is 273 g/mol. The van der Waals surface area contributed by atoms with Crippen molar-refractivity contribution >= 4 is 11.8 Å². The van der Waals surface area contributed by atoms with Crippen molar-refractivity contribution in [1.29, 1.82) is 0 Å². The summed E-state index contributed by atoms with van der Waals surface area (Å²) in [5.41, 5.74) is 0.507. The highest BCUT2D eigenvalue weighted by atomic mass is 32.2. The quantitative estimate of drug-likeness (QED) is 0.637. The molecule has 0 aliphatic heterocycles. The van der Waals surface area contributed by atoms with Crippen LogP contribution >= 0.6 is 11.8 Å². The van der Waals surface area contributed by atoms with Gasteiger partial charge in [0.25, 0.3) is 0 Å². The summed E-state index contributed by atoms with van der Waals surface area (Å²) in [5.74, 6) is 2.04. The Hall–Kier alpha value is 0.310. The van der Waals surface area contributed by atoms with Crippen molar-refractivity contribution in [2.75, 3.05) is 18.8 Å². The van der Waals surface area contributed by atoms with E-state index < -0.39 is 0 Å². The smallest absolute Gasteiger partial charge is 0.00750 e. The fraction of sp³-hybridized carbons (Fsp3) is 1.00. The molecular formula is C16H35NS. The van der Waals surface area contributed by atoms with Gasteiger partial charge in [0.05, 0.1) is 0 Å². The van der Waals surface area contributed by atoms with E-state index >= 15 is 0 Å². The van der Waals surface area contributed by atoms with Crippen molar-refractivity contribution in [2.45, 2.75) is 72.5 Å². The molecule has 0 aromatic heterocycles. The van der Waals surface area contributed by atoms with E-state index in [4.69, 9.17) is 0 Å². The summed E-state index contributed by atoms with van der Waals surface area (Å²) in [7, 11) is 0. The van der Waals surface area contributed by atoms with E-state index in [9.17, 15) is 0 Å². The predicted octanol–water partition coefficient (Wildman–Crippen LogP) is 4.96. The third-order valence-electron chi connectivity index (χ3n) is 3.72. The Morgan fingerprint density at radius 2 is 1.61 bits per heavy atom. The zero-order valence-corrected chi connectivity index (χ0v) is 14.5. The maximum absolute atomic E-state index is 3.67. The van der Waals surface area contributed by atoms with Gasteiger partial charge in [0.2, 0.25) is 0 Å². The highest BCUT2D eigenvalue weighted by Gasteiger charge is 2.26. The molecule has 0 aromatic rings. The van der Waals surface area contributed by atoms with Crippen LogP contribution in [0.3, 0.4) is 0 Å². The number of hydrogen-bond acceptors (Lipinski definition) is 2. The lowest BCUT2D eigenvalue weighted by Gasteiger charge is -2.33. The third kappa shape index (κ3) is 8.42. The van der Waals surface area contributed by atoms with E-state index in [0.717, 1.165) is 12.5 Å². The van der Waals surface area contributed by atoms with Crippen LogP contribution in [0.25, 0.3) is 0 Å². The standard InChI is InChI=1S/C16H35NS/c1-8-16(9-2,13-17-12-14(3)4)10-11-18-15(5,6)7/h14,17H,8-13H2,1-7H3. The molecule has 2 heteroatoms. The number of nitrogens with one attached hydrogen (secondary N) is 1. The fourth-order valence-electron chi connectivity index (χ4n) is 2.14. The van der Waals surface area contributed by atoms with Crippen LogP contribution in [0.1, 0.15) is 67.7 Å². The fourth-order valence-corrected chi connectivity index (χ4v) is 3.29. The topological polar surface area (TPSA) is 12.0 Å². The van der Waals surface area contributed by atoms with Gasteiger partial charge < -0.3 is 5.32 Å². The van der Waals surface area contributed by atoms with E-state index in [1.165, 1.54) is 31.6 Å².